The van der Waals surface area contributed by atoms with Gasteiger partial charge in [-0.2, -0.15) is 0 Å². The van der Waals surface area contributed by atoms with Crippen LogP contribution in [0.5, 0.6) is 11.5 Å². The van der Waals surface area contributed by atoms with Crippen molar-refractivity contribution in [3.8, 4) is 11.5 Å². The summed E-state index contributed by atoms with van der Waals surface area (Å²) < 4.78 is 16.6. The van der Waals surface area contributed by atoms with Crippen LogP contribution in [0.15, 0.2) is 42.5 Å². The van der Waals surface area contributed by atoms with Crippen molar-refractivity contribution in [3.05, 3.63) is 58.6 Å². The number of hydrogen-bond donors (Lipinski definition) is 0. The summed E-state index contributed by atoms with van der Waals surface area (Å²) in [5, 5.41) is 0.275. The van der Waals surface area contributed by atoms with Gasteiger partial charge in [-0.05, 0) is 54.8 Å². The number of esters is 2. The summed E-state index contributed by atoms with van der Waals surface area (Å²) in [5.74, 6) is 0.307. The molecule has 1 unspecified atom stereocenters. The molecule has 5 nitrogen and oxygen atoms in total. The first-order chi connectivity index (χ1) is 18.9. The lowest BCUT2D eigenvalue weighted by Crippen LogP contribution is -2.12. The van der Waals surface area contributed by atoms with E-state index >= 15 is 0 Å². The molecule has 0 N–H and O–H groups in total. The van der Waals surface area contributed by atoms with Crippen molar-refractivity contribution in [1.82, 2.24) is 0 Å². The SMILES string of the molecule is CCCCCCCCCCCCCCOc1ccc(C(=O)Oc2ccc(C(=O)OCC(C)CC)cc2)c(Cl)c1. The summed E-state index contributed by atoms with van der Waals surface area (Å²) in [5.41, 5.74) is 0.664. The first kappa shape index (κ1) is 32.7. The average molecular weight is 559 g/mol. The Balaban J connectivity index is 1.65. The number of hydrogen-bond acceptors (Lipinski definition) is 5. The molecule has 0 spiro atoms. The zero-order valence-electron chi connectivity index (χ0n) is 24.1. The van der Waals surface area contributed by atoms with E-state index in [9.17, 15) is 9.59 Å². The lowest BCUT2D eigenvalue weighted by atomic mass is 10.1. The van der Waals surface area contributed by atoms with Crippen molar-refractivity contribution in [1.29, 1.82) is 0 Å². The molecule has 0 radical (unpaired) electrons. The molecule has 0 aliphatic heterocycles. The Morgan fingerprint density at radius 3 is 1.87 bits per heavy atom. The van der Waals surface area contributed by atoms with Crippen molar-refractivity contribution in [2.75, 3.05) is 13.2 Å². The number of halogens is 1. The third-order valence-electron chi connectivity index (χ3n) is 6.92. The topological polar surface area (TPSA) is 61.8 Å². The summed E-state index contributed by atoms with van der Waals surface area (Å²) in [4.78, 5) is 24.8. The van der Waals surface area contributed by atoms with E-state index < -0.39 is 11.9 Å². The van der Waals surface area contributed by atoms with E-state index in [1.54, 1.807) is 42.5 Å². The highest BCUT2D eigenvalue weighted by molar-refractivity contribution is 6.33. The van der Waals surface area contributed by atoms with E-state index in [0.29, 0.717) is 36.2 Å². The normalized spacial score (nSPS) is 11.7. The van der Waals surface area contributed by atoms with Crippen molar-refractivity contribution >= 4 is 23.5 Å². The Morgan fingerprint density at radius 2 is 1.31 bits per heavy atom. The zero-order valence-corrected chi connectivity index (χ0v) is 24.9. The monoisotopic (exact) mass is 558 g/mol. The maximum absolute atomic E-state index is 12.6. The second-order valence-electron chi connectivity index (χ2n) is 10.4. The van der Waals surface area contributed by atoms with Gasteiger partial charge in [0, 0.05) is 0 Å². The lowest BCUT2D eigenvalue weighted by Gasteiger charge is -2.11. The van der Waals surface area contributed by atoms with E-state index in [2.05, 4.69) is 13.8 Å². The molecule has 0 heterocycles. The van der Waals surface area contributed by atoms with E-state index in [1.165, 1.54) is 64.2 Å². The number of rotatable bonds is 20. The summed E-state index contributed by atoms with van der Waals surface area (Å²) >= 11 is 6.35. The second-order valence-corrected chi connectivity index (χ2v) is 10.8. The van der Waals surface area contributed by atoms with Crippen molar-refractivity contribution < 1.29 is 23.8 Å². The maximum Gasteiger partial charge on any atom is 0.345 e. The van der Waals surface area contributed by atoms with Crippen molar-refractivity contribution in [2.45, 2.75) is 104 Å². The second kappa shape index (κ2) is 19.5. The molecule has 1 atom stereocenters. The van der Waals surface area contributed by atoms with Crippen LogP contribution >= 0.6 is 11.6 Å². The van der Waals surface area contributed by atoms with Gasteiger partial charge in [0.15, 0.2) is 0 Å². The first-order valence-corrected chi connectivity index (χ1v) is 15.2. The summed E-state index contributed by atoms with van der Waals surface area (Å²) in [6.07, 6.45) is 16.5. The zero-order chi connectivity index (χ0) is 28.3. The van der Waals surface area contributed by atoms with Gasteiger partial charge in [0.25, 0.3) is 0 Å². The molecular formula is C33H47ClO5. The Hall–Kier alpha value is -2.53. The maximum atomic E-state index is 12.6. The Kier molecular flexibility index (Phi) is 16.4. The van der Waals surface area contributed by atoms with Crippen LogP contribution in [0.3, 0.4) is 0 Å². The number of carbonyl (C=O) groups excluding carboxylic acids is 2. The number of carbonyl (C=O) groups is 2. The van der Waals surface area contributed by atoms with Crippen LogP contribution in [-0.2, 0) is 4.74 Å². The molecule has 2 rings (SSSR count). The number of unbranched alkanes of at least 4 members (excludes halogenated alkanes) is 11. The molecule has 0 bridgehead atoms. The van der Waals surface area contributed by atoms with Gasteiger partial charge in [0.05, 0.1) is 29.4 Å². The lowest BCUT2D eigenvalue weighted by molar-refractivity contribution is 0.0447. The Morgan fingerprint density at radius 1 is 0.744 bits per heavy atom. The molecule has 2 aromatic carbocycles. The predicted molar refractivity (Wildman–Crippen MR) is 159 cm³/mol. The van der Waals surface area contributed by atoms with Crippen LogP contribution in [0.2, 0.25) is 5.02 Å². The van der Waals surface area contributed by atoms with E-state index in [4.69, 9.17) is 25.8 Å². The van der Waals surface area contributed by atoms with Gasteiger partial charge in [0.1, 0.15) is 11.5 Å². The van der Waals surface area contributed by atoms with Gasteiger partial charge < -0.3 is 14.2 Å². The van der Waals surface area contributed by atoms with Crippen molar-refractivity contribution in [2.24, 2.45) is 5.92 Å². The van der Waals surface area contributed by atoms with Crippen LogP contribution < -0.4 is 9.47 Å². The molecular weight excluding hydrogens is 512 g/mol. The van der Waals surface area contributed by atoms with Gasteiger partial charge >= 0.3 is 11.9 Å². The van der Waals surface area contributed by atoms with Crippen LogP contribution in [-0.4, -0.2) is 25.2 Å². The molecule has 216 valence electrons. The van der Waals surface area contributed by atoms with Crippen LogP contribution in [0.1, 0.15) is 125 Å². The Labute approximate surface area is 240 Å². The smallest absolute Gasteiger partial charge is 0.345 e. The minimum Gasteiger partial charge on any atom is -0.494 e. The standard InChI is InChI=1S/C33H47ClO5/c1-4-6-7-8-9-10-11-12-13-14-15-16-23-37-29-21-22-30(31(34)24-29)33(36)39-28-19-17-27(18-20-28)32(35)38-25-26(3)5-2/h17-22,24,26H,4-16,23,25H2,1-3H3. The van der Waals surface area contributed by atoms with Crippen LogP contribution in [0.25, 0.3) is 0 Å². The minimum atomic E-state index is -0.570. The van der Waals surface area contributed by atoms with Gasteiger partial charge in [0.2, 0.25) is 0 Å². The van der Waals surface area contributed by atoms with Gasteiger partial charge in [-0.25, -0.2) is 9.59 Å². The third kappa shape index (κ3) is 13.4. The van der Waals surface area contributed by atoms with Crippen LogP contribution in [0.4, 0.5) is 0 Å². The molecule has 39 heavy (non-hydrogen) atoms. The highest BCUT2D eigenvalue weighted by Crippen LogP contribution is 2.25. The number of ether oxygens (including phenoxy) is 3. The molecule has 0 saturated carbocycles. The fourth-order valence-corrected chi connectivity index (χ4v) is 4.37. The highest BCUT2D eigenvalue weighted by Gasteiger charge is 2.15. The van der Waals surface area contributed by atoms with Crippen molar-refractivity contribution in [3.63, 3.8) is 0 Å². The molecule has 0 saturated heterocycles. The van der Waals surface area contributed by atoms with Gasteiger partial charge in [-0.1, -0.05) is 109 Å². The minimum absolute atomic E-state index is 0.256. The average Bonchev–Trinajstić information content (AvgIpc) is 2.94. The fourth-order valence-electron chi connectivity index (χ4n) is 4.12. The van der Waals surface area contributed by atoms with Crippen LogP contribution in [0, 0.1) is 5.92 Å². The summed E-state index contributed by atoms with van der Waals surface area (Å²) in [6.45, 7) is 7.34. The predicted octanol–water partition coefficient (Wildman–Crippen LogP) is 9.84. The molecule has 0 fully saturated rings. The van der Waals surface area contributed by atoms with E-state index in [0.717, 1.165) is 19.3 Å². The molecule has 0 aliphatic rings. The highest BCUT2D eigenvalue weighted by atomic mass is 35.5. The van der Waals surface area contributed by atoms with Gasteiger partial charge in [-0.15, -0.1) is 0 Å². The molecule has 0 amide bonds. The molecule has 0 aliphatic carbocycles. The van der Waals surface area contributed by atoms with E-state index in [-0.39, 0.29) is 10.6 Å². The summed E-state index contributed by atoms with van der Waals surface area (Å²) in [7, 11) is 0. The largest absolute Gasteiger partial charge is 0.494 e. The molecule has 6 heteroatoms. The van der Waals surface area contributed by atoms with E-state index in [1.807, 2.05) is 6.92 Å². The fraction of sp³-hybridized carbons (Fsp3) is 0.576. The third-order valence-corrected chi connectivity index (χ3v) is 7.24. The van der Waals surface area contributed by atoms with Gasteiger partial charge in [-0.3, -0.25) is 0 Å². The molecule has 0 aromatic heterocycles. The number of benzene rings is 2. The molecule has 2 aromatic rings. The first-order valence-electron chi connectivity index (χ1n) is 14.9. The quantitative estimate of drug-likeness (QED) is 0.0918. The summed E-state index contributed by atoms with van der Waals surface area (Å²) in [6, 6.07) is 11.3. The Bertz CT molecular complexity index is 973.